The standard InChI is InChI=1S/C31H46O7.C27H38O5.C21H28O5/c1-25-22-30(2,3)24-31(23-25,26-4-8-28(9-5-26)37-20-18-35-15-13-33)27-6-10-29(11-7-27)38-21-19-36-17-16-34-14-12-32;1-21-18-26(2,3)20-27(19-21,22-4-8-24(9-5-22)31-15-13-29)23-6-10-25(11-7-23)32-17-16-30-14-12-28;1-21(2,17-3-7-19(8-4-17)25-14-12-23)18-5-9-20(10-6-18)26-16-15-24-13-11-22/h4-11,25,32-33H,12-24H2,1-3H3;4-11,21,28-29H,12-20H2,1-3H3;3-10,22-23H,11-16H2,1-2H3. The van der Waals surface area contributed by atoms with Gasteiger partial charge in [0.05, 0.1) is 106 Å². The lowest BCUT2D eigenvalue weighted by molar-refractivity contribution is 0.0247. The Morgan fingerprint density at radius 2 is 0.500 bits per heavy atom. The van der Waals surface area contributed by atoms with Crippen LogP contribution >= 0.6 is 0 Å². The van der Waals surface area contributed by atoms with Crippen molar-refractivity contribution in [2.45, 2.75) is 110 Å². The Labute approximate surface area is 571 Å². The summed E-state index contributed by atoms with van der Waals surface area (Å²) in [5.41, 5.74) is 7.76. The van der Waals surface area contributed by atoms with E-state index in [1.807, 2.05) is 48.5 Å². The molecule has 17 heteroatoms. The monoisotopic (exact) mass is 1330 g/mol. The first kappa shape index (κ1) is 78.7. The molecular formula is C79H112O17. The second kappa shape index (κ2) is 41.2. The SMILES string of the molecule is CC(C)(c1ccc(OCCO)cc1)c1ccc(OCCOCCO)cc1.CC1CC(C)(C)CC(c2ccc(OCCO)cc2)(c2ccc(OCCOCCO)cc2)C1.CC1CC(C)(C)CC(c2ccc(OCCOCCO)cc2)(c2ccc(OCCOCCOCCO)cc2)C1. The highest BCUT2D eigenvalue weighted by molar-refractivity contribution is 5.47. The van der Waals surface area contributed by atoms with Gasteiger partial charge in [-0.3, -0.25) is 0 Å². The molecule has 2 saturated carbocycles. The summed E-state index contributed by atoms with van der Waals surface area (Å²) in [4.78, 5) is 0. The van der Waals surface area contributed by atoms with Gasteiger partial charge in [0, 0.05) is 16.2 Å². The van der Waals surface area contributed by atoms with E-state index in [1.165, 1.54) is 46.2 Å². The molecular weight excluding hydrogens is 1220 g/mol. The fourth-order valence-corrected chi connectivity index (χ4v) is 14.0. The molecule has 0 heterocycles. The van der Waals surface area contributed by atoms with Crippen LogP contribution in [0, 0.1) is 22.7 Å². The molecule has 2 aliphatic carbocycles. The van der Waals surface area contributed by atoms with E-state index in [9.17, 15) is 0 Å². The van der Waals surface area contributed by atoms with E-state index in [-0.39, 0.29) is 66.7 Å². The molecule has 4 unspecified atom stereocenters. The molecule has 0 spiro atoms. The summed E-state index contributed by atoms with van der Waals surface area (Å²) in [5, 5.41) is 52.8. The van der Waals surface area contributed by atoms with E-state index in [0.29, 0.717) is 118 Å². The van der Waals surface area contributed by atoms with Crippen LogP contribution in [0.1, 0.15) is 127 Å². The van der Waals surface area contributed by atoms with E-state index < -0.39 is 0 Å². The predicted molar refractivity (Wildman–Crippen MR) is 376 cm³/mol. The molecule has 17 nitrogen and oxygen atoms in total. The van der Waals surface area contributed by atoms with Crippen molar-refractivity contribution in [3.8, 4) is 34.5 Å². The predicted octanol–water partition coefficient (Wildman–Crippen LogP) is 12.0. The summed E-state index contributed by atoms with van der Waals surface area (Å²) in [6.45, 7) is 25.3. The molecule has 530 valence electrons. The zero-order valence-corrected chi connectivity index (χ0v) is 58.5. The number of aliphatic hydroxyl groups excluding tert-OH is 6. The van der Waals surface area contributed by atoms with Crippen LogP contribution in [0.3, 0.4) is 0 Å². The van der Waals surface area contributed by atoms with Gasteiger partial charge in [0.1, 0.15) is 74.1 Å². The quantitative estimate of drug-likeness (QED) is 0.0197. The Kier molecular flexibility index (Phi) is 33.7. The van der Waals surface area contributed by atoms with Crippen molar-refractivity contribution in [3.63, 3.8) is 0 Å². The van der Waals surface area contributed by atoms with E-state index >= 15 is 0 Å². The highest BCUT2D eigenvalue weighted by atomic mass is 16.6. The zero-order valence-electron chi connectivity index (χ0n) is 58.5. The van der Waals surface area contributed by atoms with Gasteiger partial charge in [0.2, 0.25) is 0 Å². The molecule has 0 bridgehead atoms. The van der Waals surface area contributed by atoms with Crippen molar-refractivity contribution in [1.29, 1.82) is 0 Å². The van der Waals surface area contributed by atoms with Gasteiger partial charge in [-0.1, -0.05) is 128 Å². The molecule has 8 rings (SSSR count). The molecule has 0 radical (unpaired) electrons. The summed E-state index contributed by atoms with van der Waals surface area (Å²) in [6, 6.07) is 50.0. The molecule has 2 fully saturated rings. The molecule has 4 atom stereocenters. The van der Waals surface area contributed by atoms with Crippen molar-refractivity contribution in [3.05, 3.63) is 179 Å². The summed E-state index contributed by atoms with van der Waals surface area (Å²) >= 11 is 0. The zero-order chi connectivity index (χ0) is 69.1. The van der Waals surface area contributed by atoms with Crippen LogP contribution in [0.4, 0.5) is 0 Å². The minimum Gasteiger partial charge on any atom is -0.491 e. The Morgan fingerprint density at radius 3 is 0.729 bits per heavy atom. The van der Waals surface area contributed by atoms with Gasteiger partial charge in [0.25, 0.3) is 0 Å². The van der Waals surface area contributed by atoms with Crippen LogP contribution in [-0.4, -0.2) is 176 Å². The van der Waals surface area contributed by atoms with Gasteiger partial charge in [0.15, 0.2) is 0 Å². The summed E-state index contributed by atoms with van der Waals surface area (Å²) < 4.78 is 60.6. The minimum atomic E-state index is -0.154. The number of benzene rings is 6. The second-order valence-electron chi connectivity index (χ2n) is 27.1. The smallest absolute Gasteiger partial charge is 0.119 e. The van der Waals surface area contributed by atoms with Crippen molar-refractivity contribution >= 4 is 0 Å². The number of ether oxygens (including phenoxy) is 11. The Balaban J connectivity index is 0.000000232. The highest BCUT2D eigenvalue weighted by Crippen LogP contribution is 2.55. The topological polar surface area (TPSA) is 223 Å². The van der Waals surface area contributed by atoms with Crippen LogP contribution in [0.15, 0.2) is 146 Å². The Morgan fingerprint density at radius 1 is 0.292 bits per heavy atom. The average Bonchev–Trinajstić information content (AvgIpc) is 0.758. The lowest BCUT2D eigenvalue weighted by Gasteiger charge is -2.48. The summed E-state index contributed by atoms with van der Waals surface area (Å²) in [6.07, 6.45) is 6.79. The lowest BCUT2D eigenvalue weighted by atomic mass is 9.55. The summed E-state index contributed by atoms with van der Waals surface area (Å²) in [5.74, 6) is 6.04. The largest absolute Gasteiger partial charge is 0.491 e. The molecule has 6 aromatic carbocycles. The van der Waals surface area contributed by atoms with Crippen molar-refractivity contribution in [1.82, 2.24) is 0 Å². The van der Waals surface area contributed by atoms with Gasteiger partial charge in [-0.2, -0.15) is 0 Å². The lowest BCUT2D eigenvalue weighted by Crippen LogP contribution is -2.41. The third kappa shape index (κ3) is 25.5. The fourth-order valence-electron chi connectivity index (χ4n) is 14.0. The van der Waals surface area contributed by atoms with Gasteiger partial charge in [-0.15, -0.1) is 0 Å². The first-order valence-corrected chi connectivity index (χ1v) is 34.3. The maximum atomic E-state index is 9.02. The maximum Gasteiger partial charge on any atom is 0.119 e. The van der Waals surface area contributed by atoms with Gasteiger partial charge in [-0.05, 0) is 167 Å². The third-order valence-corrected chi connectivity index (χ3v) is 17.6. The van der Waals surface area contributed by atoms with Crippen molar-refractivity contribution in [2.24, 2.45) is 22.7 Å². The first-order chi connectivity index (χ1) is 46.3. The molecule has 0 amide bonds. The number of hydrogen-bond donors (Lipinski definition) is 6. The molecule has 96 heavy (non-hydrogen) atoms. The minimum absolute atomic E-state index is 0.00915. The number of aliphatic hydroxyl groups is 6. The maximum absolute atomic E-state index is 9.02. The van der Waals surface area contributed by atoms with Crippen LogP contribution < -0.4 is 28.4 Å². The second-order valence-corrected chi connectivity index (χ2v) is 27.1. The molecule has 2 aliphatic rings. The molecule has 6 N–H and O–H groups in total. The average molecular weight is 1330 g/mol. The summed E-state index contributed by atoms with van der Waals surface area (Å²) in [7, 11) is 0. The molecule has 0 saturated heterocycles. The van der Waals surface area contributed by atoms with Crippen molar-refractivity contribution in [2.75, 3.05) is 145 Å². The first-order valence-electron chi connectivity index (χ1n) is 34.3. The van der Waals surface area contributed by atoms with Crippen LogP contribution in [0.5, 0.6) is 34.5 Å². The van der Waals surface area contributed by atoms with E-state index in [0.717, 1.165) is 60.2 Å². The number of rotatable bonds is 39. The van der Waals surface area contributed by atoms with Crippen LogP contribution in [0.2, 0.25) is 0 Å². The van der Waals surface area contributed by atoms with E-state index in [1.54, 1.807) is 0 Å². The van der Waals surface area contributed by atoms with Crippen molar-refractivity contribution < 1.29 is 82.7 Å². The Hall–Kier alpha value is -6.32. The van der Waals surface area contributed by atoms with Gasteiger partial charge < -0.3 is 82.7 Å². The fraction of sp³-hybridized carbons (Fsp3) is 0.544. The van der Waals surface area contributed by atoms with E-state index in [2.05, 4.69) is 152 Å². The third-order valence-electron chi connectivity index (χ3n) is 17.6. The van der Waals surface area contributed by atoms with E-state index in [4.69, 9.17) is 82.7 Å². The highest BCUT2D eigenvalue weighted by Gasteiger charge is 2.46. The van der Waals surface area contributed by atoms with Crippen LogP contribution in [-0.2, 0) is 39.9 Å². The Bertz CT molecular complexity index is 3010. The van der Waals surface area contributed by atoms with Gasteiger partial charge >= 0.3 is 0 Å². The van der Waals surface area contributed by atoms with Crippen LogP contribution in [0.25, 0.3) is 0 Å². The van der Waals surface area contributed by atoms with Gasteiger partial charge in [-0.25, -0.2) is 0 Å². The number of hydrogen-bond acceptors (Lipinski definition) is 17. The molecule has 0 aromatic heterocycles. The normalized spacial score (nSPS) is 18.8. The molecule has 6 aromatic rings. The molecule has 0 aliphatic heterocycles.